The number of nitrogens with one attached hydrogen (secondary N) is 1. The number of aliphatic carboxylic acids is 1. The van der Waals surface area contributed by atoms with E-state index in [4.69, 9.17) is 5.73 Å². The quantitative estimate of drug-likeness (QED) is 0.597. The fraction of sp³-hybridized carbons (Fsp3) is 0.417. The van der Waals surface area contributed by atoms with Crippen molar-refractivity contribution in [3.05, 3.63) is 24.0 Å². The number of nitrogens with two attached hydrogens (primary N) is 1. The molecule has 0 aliphatic carbocycles. The first-order valence-electron chi connectivity index (χ1n) is 5.87. The fourth-order valence-electron chi connectivity index (χ4n) is 1.77. The molecule has 0 radical (unpaired) electrons. The third-order valence-corrected chi connectivity index (χ3v) is 2.81. The van der Waals surface area contributed by atoms with Crippen LogP contribution < -0.4 is 11.1 Å². The normalized spacial score (nSPS) is 13.6. The first-order chi connectivity index (χ1) is 8.95. The number of aromatic nitrogens is 1. The molecule has 0 spiro atoms. The average molecular weight is 267 g/mol. The Labute approximate surface area is 110 Å². The number of carboxylic acid groups (broad SMARTS) is 1. The van der Waals surface area contributed by atoms with Crippen molar-refractivity contribution in [1.29, 1.82) is 0 Å². The highest BCUT2D eigenvalue weighted by Gasteiger charge is 2.37. The zero-order chi connectivity index (χ0) is 14.5. The van der Waals surface area contributed by atoms with Gasteiger partial charge in [-0.2, -0.15) is 0 Å². The molecule has 0 fully saturated rings. The molecular weight excluding hydrogens is 250 g/mol. The van der Waals surface area contributed by atoms with Gasteiger partial charge in [0.2, 0.25) is 5.91 Å². The fourth-order valence-corrected chi connectivity index (χ4v) is 1.77. The van der Waals surface area contributed by atoms with Gasteiger partial charge in [0.1, 0.15) is 0 Å². The van der Waals surface area contributed by atoms with Crippen LogP contribution in [0.5, 0.6) is 0 Å². The van der Waals surface area contributed by atoms with Crippen molar-refractivity contribution in [2.45, 2.75) is 25.4 Å². The maximum atomic E-state index is 11.4. The molecule has 1 amide bonds. The Balaban J connectivity index is 2.95. The second-order valence-corrected chi connectivity index (χ2v) is 4.10. The minimum atomic E-state index is -1.81. The van der Waals surface area contributed by atoms with Gasteiger partial charge in [-0.15, -0.1) is 0 Å². The summed E-state index contributed by atoms with van der Waals surface area (Å²) in [5.74, 6) is -1.57. The van der Waals surface area contributed by atoms with Gasteiger partial charge in [-0.05, 0) is 19.1 Å². The number of carbonyl (C=O) groups is 3. The highest BCUT2D eigenvalue weighted by atomic mass is 16.4. The summed E-state index contributed by atoms with van der Waals surface area (Å²) in [4.78, 5) is 33.6. The molecule has 104 valence electrons. The van der Waals surface area contributed by atoms with Gasteiger partial charge in [-0.25, -0.2) is 4.79 Å². The van der Waals surface area contributed by atoms with Crippen LogP contribution in [0, 0.1) is 0 Å². The smallest absolute Gasteiger partial charge is 0.344 e. The summed E-state index contributed by atoms with van der Waals surface area (Å²) in [6.45, 7) is 2.23. The Kier molecular flexibility index (Phi) is 4.82. The molecule has 0 aliphatic heterocycles. The van der Waals surface area contributed by atoms with Gasteiger partial charge < -0.3 is 15.0 Å². The lowest BCUT2D eigenvalue weighted by molar-refractivity contribution is -0.148. The Morgan fingerprint density at radius 1 is 1.58 bits per heavy atom. The summed E-state index contributed by atoms with van der Waals surface area (Å²) in [7, 11) is 0. The van der Waals surface area contributed by atoms with Crippen LogP contribution in [0.25, 0.3) is 0 Å². The van der Waals surface area contributed by atoms with E-state index >= 15 is 0 Å². The Hall–Kier alpha value is -2.15. The first kappa shape index (κ1) is 14.9. The van der Waals surface area contributed by atoms with Crippen LogP contribution in [0.2, 0.25) is 0 Å². The molecule has 0 unspecified atom stereocenters. The standard InChI is InChI=1S/C12H17N3O4/c1-2-14-10(17)5-6-12(13,11(18)19)15-7-3-4-9(15)8-16/h3-4,7-8H,2,5-6,13H2,1H3,(H,14,17)(H,18,19)/t12-/m1/s1. The summed E-state index contributed by atoms with van der Waals surface area (Å²) in [6.07, 6.45) is 1.79. The van der Waals surface area contributed by atoms with E-state index in [0.29, 0.717) is 12.8 Å². The van der Waals surface area contributed by atoms with Crippen LogP contribution in [0.3, 0.4) is 0 Å². The number of hydrogen-bond acceptors (Lipinski definition) is 4. The SMILES string of the molecule is CCNC(=O)CC[C@](N)(C(=O)O)n1cccc1C=O. The molecule has 0 aromatic carbocycles. The van der Waals surface area contributed by atoms with Gasteiger partial charge in [0.25, 0.3) is 0 Å². The molecule has 1 heterocycles. The topological polar surface area (TPSA) is 114 Å². The minimum Gasteiger partial charge on any atom is -0.478 e. The lowest BCUT2D eigenvalue weighted by atomic mass is 10.0. The second kappa shape index (κ2) is 6.14. The largest absolute Gasteiger partial charge is 0.478 e. The van der Waals surface area contributed by atoms with Crippen molar-refractivity contribution >= 4 is 18.2 Å². The van der Waals surface area contributed by atoms with E-state index in [1.165, 1.54) is 22.9 Å². The predicted molar refractivity (Wildman–Crippen MR) is 67.5 cm³/mol. The zero-order valence-corrected chi connectivity index (χ0v) is 10.6. The van der Waals surface area contributed by atoms with Crippen molar-refractivity contribution < 1.29 is 19.5 Å². The minimum absolute atomic E-state index is 0.0346. The van der Waals surface area contributed by atoms with Crippen LogP contribution in [0.1, 0.15) is 30.3 Å². The number of amides is 1. The van der Waals surface area contributed by atoms with Gasteiger partial charge >= 0.3 is 5.97 Å². The summed E-state index contributed by atoms with van der Waals surface area (Å²) in [5.41, 5.74) is 4.19. The molecule has 7 heteroatoms. The summed E-state index contributed by atoms with van der Waals surface area (Å²) >= 11 is 0. The van der Waals surface area contributed by atoms with Crippen LogP contribution >= 0.6 is 0 Å². The molecule has 19 heavy (non-hydrogen) atoms. The Morgan fingerprint density at radius 3 is 2.79 bits per heavy atom. The molecule has 1 aromatic heterocycles. The molecule has 1 aromatic rings. The van der Waals surface area contributed by atoms with Gasteiger partial charge in [0.05, 0.1) is 5.69 Å². The first-order valence-corrected chi connectivity index (χ1v) is 5.87. The molecule has 1 rings (SSSR count). The molecular formula is C12H17N3O4. The van der Waals surface area contributed by atoms with Gasteiger partial charge in [0.15, 0.2) is 11.9 Å². The second-order valence-electron chi connectivity index (χ2n) is 4.10. The predicted octanol–water partition coefficient (Wildman–Crippen LogP) is -0.0870. The van der Waals surface area contributed by atoms with Crippen LogP contribution in [-0.4, -0.2) is 34.4 Å². The number of carboxylic acids is 1. The van der Waals surface area contributed by atoms with E-state index in [2.05, 4.69) is 5.32 Å². The molecule has 0 saturated carbocycles. The Bertz CT molecular complexity index is 483. The maximum Gasteiger partial charge on any atom is 0.344 e. The zero-order valence-electron chi connectivity index (χ0n) is 10.6. The summed E-state index contributed by atoms with van der Waals surface area (Å²) in [6, 6.07) is 2.99. The summed E-state index contributed by atoms with van der Waals surface area (Å²) < 4.78 is 1.17. The van der Waals surface area contributed by atoms with Crippen LogP contribution in [0.4, 0.5) is 0 Å². The van der Waals surface area contributed by atoms with Crippen LogP contribution in [0.15, 0.2) is 18.3 Å². The molecule has 4 N–H and O–H groups in total. The van der Waals surface area contributed by atoms with Crippen molar-refractivity contribution in [3.8, 4) is 0 Å². The van der Waals surface area contributed by atoms with Gasteiger partial charge in [0, 0.05) is 25.6 Å². The molecule has 0 saturated heterocycles. The van der Waals surface area contributed by atoms with E-state index in [1.807, 2.05) is 0 Å². The highest BCUT2D eigenvalue weighted by molar-refractivity contribution is 5.81. The highest BCUT2D eigenvalue weighted by Crippen LogP contribution is 2.19. The third-order valence-electron chi connectivity index (χ3n) is 2.81. The molecule has 0 bridgehead atoms. The van der Waals surface area contributed by atoms with E-state index in [-0.39, 0.29) is 24.4 Å². The molecule has 0 aliphatic rings. The molecule has 1 atom stereocenters. The van der Waals surface area contributed by atoms with Crippen molar-refractivity contribution in [2.24, 2.45) is 5.73 Å². The molecule has 7 nitrogen and oxygen atoms in total. The van der Waals surface area contributed by atoms with Gasteiger partial charge in [-0.3, -0.25) is 15.3 Å². The number of carbonyl (C=O) groups excluding carboxylic acids is 2. The lowest BCUT2D eigenvalue weighted by Gasteiger charge is -2.27. The number of hydrogen-bond donors (Lipinski definition) is 3. The Morgan fingerprint density at radius 2 is 2.26 bits per heavy atom. The van der Waals surface area contributed by atoms with E-state index in [0.717, 1.165) is 0 Å². The third kappa shape index (κ3) is 3.19. The van der Waals surface area contributed by atoms with Crippen molar-refractivity contribution in [1.82, 2.24) is 9.88 Å². The monoisotopic (exact) mass is 267 g/mol. The van der Waals surface area contributed by atoms with E-state index in [1.54, 1.807) is 6.92 Å². The average Bonchev–Trinajstić information content (AvgIpc) is 2.84. The number of aldehydes is 1. The van der Waals surface area contributed by atoms with E-state index < -0.39 is 11.6 Å². The van der Waals surface area contributed by atoms with E-state index in [9.17, 15) is 19.5 Å². The number of nitrogens with zero attached hydrogens (tertiary/aromatic N) is 1. The van der Waals surface area contributed by atoms with Crippen molar-refractivity contribution in [3.63, 3.8) is 0 Å². The van der Waals surface area contributed by atoms with Crippen LogP contribution in [-0.2, 0) is 15.3 Å². The lowest BCUT2D eigenvalue weighted by Crippen LogP contribution is -2.51. The summed E-state index contributed by atoms with van der Waals surface area (Å²) in [5, 5.41) is 11.8. The maximum absolute atomic E-state index is 11.4. The van der Waals surface area contributed by atoms with Gasteiger partial charge in [-0.1, -0.05) is 0 Å². The van der Waals surface area contributed by atoms with Crippen molar-refractivity contribution in [2.75, 3.05) is 6.54 Å². The number of rotatable bonds is 7.